The fourth-order valence-corrected chi connectivity index (χ4v) is 3.40. The van der Waals surface area contributed by atoms with Crippen LogP contribution in [0.15, 0.2) is 60.7 Å². The zero-order valence-corrected chi connectivity index (χ0v) is 15.3. The summed E-state index contributed by atoms with van der Waals surface area (Å²) in [5, 5.41) is 4.09. The Kier molecular flexibility index (Phi) is 5.02. The standard InChI is InChI=1S/C21H21ClN4/c22-18-11-5-4-10-17(18)15-23-21-24-19(16-8-2-1-3-9-16)14-20(25-21)26-12-6-7-13-26/h1-5,8-11,14H,6-7,12-13,15H2,(H,23,24,25). The topological polar surface area (TPSA) is 41.1 Å². The molecule has 0 unspecified atom stereocenters. The van der Waals surface area contributed by atoms with Crippen LogP contribution in [0.4, 0.5) is 11.8 Å². The van der Waals surface area contributed by atoms with E-state index in [-0.39, 0.29) is 0 Å². The molecule has 4 rings (SSSR count). The van der Waals surface area contributed by atoms with E-state index in [1.54, 1.807) is 0 Å². The molecule has 0 saturated carbocycles. The molecule has 3 aromatic rings. The number of anilines is 2. The van der Waals surface area contributed by atoms with Crippen LogP contribution < -0.4 is 10.2 Å². The van der Waals surface area contributed by atoms with Crippen LogP contribution in [0.1, 0.15) is 18.4 Å². The molecule has 5 heteroatoms. The van der Waals surface area contributed by atoms with Crippen molar-refractivity contribution in [2.75, 3.05) is 23.3 Å². The van der Waals surface area contributed by atoms with Gasteiger partial charge in [-0.1, -0.05) is 60.1 Å². The van der Waals surface area contributed by atoms with Gasteiger partial charge in [-0.05, 0) is 24.5 Å². The van der Waals surface area contributed by atoms with Crippen molar-refractivity contribution in [3.63, 3.8) is 0 Å². The normalized spacial score (nSPS) is 13.8. The minimum absolute atomic E-state index is 0.595. The van der Waals surface area contributed by atoms with E-state index >= 15 is 0 Å². The molecule has 2 aromatic carbocycles. The second kappa shape index (κ2) is 7.75. The summed E-state index contributed by atoms with van der Waals surface area (Å²) in [6.45, 7) is 2.70. The van der Waals surface area contributed by atoms with Crippen molar-refractivity contribution in [1.29, 1.82) is 0 Å². The fourth-order valence-electron chi connectivity index (χ4n) is 3.19. The molecule has 0 radical (unpaired) electrons. The third-order valence-electron chi connectivity index (χ3n) is 4.61. The summed E-state index contributed by atoms with van der Waals surface area (Å²) < 4.78 is 0. The molecule has 0 aliphatic carbocycles. The highest BCUT2D eigenvalue weighted by atomic mass is 35.5. The highest BCUT2D eigenvalue weighted by Crippen LogP contribution is 2.26. The molecular formula is C21H21ClN4. The summed E-state index contributed by atoms with van der Waals surface area (Å²) in [6, 6.07) is 20.1. The third kappa shape index (κ3) is 3.81. The van der Waals surface area contributed by atoms with Crippen LogP contribution in [-0.2, 0) is 6.54 Å². The number of halogens is 1. The van der Waals surface area contributed by atoms with E-state index in [0.717, 1.165) is 40.8 Å². The second-order valence-corrected chi connectivity index (χ2v) is 6.85. The first-order valence-corrected chi connectivity index (χ1v) is 9.34. The summed E-state index contributed by atoms with van der Waals surface area (Å²) in [7, 11) is 0. The summed E-state index contributed by atoms with van der Waals surface area (Å²) >= 11 is 6.26. The van der Waals surface area contributed by atoms with Crippen LogP contribution in [0.25, 0.3) is 11.3 Å². The number of hydrogen-bond donors (Lipinski definition) is 1. The summed E-state index contributed by atoms with van der Waals surface area (Å²) in [5.41, 5.74) is 3.06. The van der Waals surface area contributed by atoms with Crippen molar-refractivity contribution in [2.45, 2.75) is 19.4 Å². The van der Waals surface area contributed by atoms with E-state index in [1.807, 2.05) is 42.5 Å². The van der Waals surface area contributed by atoms with Crippen molar-refractivity contribution in [2.24, 2.45) is 0 Å². The van der Waals surface area contributed by atoms with Crippen LogP contribution in [0, 0.1) is 0 Å². The predicted molar refractivity (Wildman–Crippen MR) is 108 cm³/mol. The highest BCUT2D eigenvalue weighted by Gasteiger charge is 2.16. The van der Waals surface area contributed by atoms with E-state index in [9.17, 15) is 0 Å². The number of nitrogens with one attached hydrogen (secondary N) is 1. The Morgan fingerprint density at radius 1 is 0.923 bits per heavy atom. The van der Waals surface area contributed by atoms with Gasteiger partial charge in [-0.15, -0.1) is 0 Å². The first-order chi connectivity index (χ1) is 12.8. The third-order valence-corrected chi connectivity index (χ3v) is 4.98. The van der Waals surface area contributed by atoms with Gasteiger partial charge in [-0.2, -0.15) is 4.98 Å². The van der Waals surface area contributed by atoms with Crippen LogP contribution in [0.2, 0.25) is 5.02 Å². The first kappa shape index (κ1) is 16.9. The van der Waals surface area contributed by atoms with Gasteiger partial charge in [0.05, 0.1) is 5.69 Å². The maximum Gasteiger partial charge on any atom is 0.225 e. The Morgan fingerprint density at radius 3 is 2.42 bits per heavy atom. The largest absolute Gasteiger partial charge is 0.356 e. The molecule has 0 bridgehead atoms. The molecule has 1 aliphatic heterocycles. The summed E-state index contributed by atoms with van der Waals surface area (Å²) in [4.78, 5) is 11.8. The molecule has 2 heterocycles. The Hall–Kier alpha value is -2.59. The molecular weight excluding hydrogens is 344 g/mol. The lowest BCUT2D eigenvalue weighted by molar-refractivity contribution is 0.924. The molecule has 0 amide bonds. The predicted octanol–water partition coefficient (Wildman–Crippen LogP) is 5.01. The molecule has 1 fully saturated rings. The maximum atomic E-state index is 6.26. The zero-order chi connectivity index (χ0) is 17.8. The van der Waals surface area contributed by atoms with E-state index < -0.39 is 0 Å². The Labute approximate surface area is 158 Å². The summed E-state index contributed by atoms with van der Waals surface area (Å²) in [6.07, 6.45) is 2.43. The lowest BCUT2D eigenvalue weighted by Gasteiger charge is -2.18. The molecule has 0 spiro atoms. The van der Waals surface area contributed by atoms with Crippen molar-refractivity contribution < 1.29 is 0 Å². The molecule has 1 saturated heterocycles. The Balaban J connectivity index is 1.64. The second-order valence-electron chi connectivity index (χ2n) is 6.44. The van der Waals surface area contributed by atoms with Gasteiger partial charge in [-0.25, -0.2) is 4.98 Å². The molecule has 4 nitrogen and oxygen atoms in total. The van der Waals surface area contributed by atoms with Gasteiger partial charge >= 0.3 is 0 Å². The van der Waals surface area contributed by atoms with Crippen LogP contribution in [0.5, 0.6) is 0 Å². The van der Waals surface area contributed by atoms with Gasteiger partial charge in [-0.3, -0.25) is 0 Å². The number of hydrogen-bond acceptors (Lipinski definition) is 4. The van der Waals surface area contributed by atoms with Gasteiger partial charge in [0.2, 0.25) is 5.95 Å². The van der Waals surface area contributed by atoms with Gasteiger partial charge in [0.15, 0.2) is 0 Å². The number of aromatic nitrogens is 2. The number of nitrogens with zero attached hydrogens (tertiary/aromatic N) is 3. The minimum Gasteiger partial charge on any atom is -0.356 e. The maximum absolute atomic E-state index is 6.26. The van der Waals surface area contributed by atoms with Gasteiger partial charge in [0, 0.05) is 36.3 Å². The fraction of sp³-hybridized carbons (Fsp3) is 0.238. The van der Waals surface area contributed by atoms with Crippen LogP contribution in [0.3, 0.4) is 0 Å². The van der Waals surface area contributed by atoms with Gasteiger partial charge < -0.3 is 10.2 Å². The van der Waals surface area contributed by atoms with Crippen molar-refractivity contribution in [1.82, 2.24) is 9.97 Å². The monoisotopic (exact) mass is 364 g/mol. The lowest BCUT2D eigenvalue weighted by Crippen LogP contribution is -2.20. The van der Waals surface area contributed by atoms with Gasteiger partial charge in [0.25, 0.3) is 0 Å². The van der Waals surface area contributed by atoms with Crippen molar-refractivity contribution in [3.8, 4) is 11.3 Å². The molecule has 1 N–H and O–H groups in total. The average molecular weight is 365 g/mol. The molecule has 1 aromatic heterocycles. The average Bonchev–Trinajstić information content (AvgIpc) is 3.23. The van der Waals surface area contributed by atoms with Crippen molar-refractivity contribution >= 4 is 23.4 Å². The minimum atomic E-state index is 0.595. The SMILES string of the molecule is Clc1ccccc1CNc1nc(-c2ccccc2)cc(N2CCCC2)n1. The zero-order valence-electron chi connectivity index (χ0n) is 14.5. The molecule has 132 valence electrons. The smallest absolute Gasteiger partial charge is 0.225 e. The quantitative estimate of drug-likeness (QED) is 0.691. The van der Waals surface area contributed by atoms with Crippen LogP contribution >= 0.6 is 11.6 Å². The van der Waals surface area contributed by atoms with Crippen molar-refractivity contribution in [3.05, 3.63) is 71.2 Å². The Morgan fingerprint density at radius 2 is 1.65 bits per heavy atom. The molecule has 26 heavy (non-hydrogen) atoms. The number of benzene rings is 2. The van der Waals surface area contributed by atoms with Gasteiger partial charge in [0.1, 0.15) is 5.82 Å². The van der Waals surface area contributed by atoms with Crippen LogP contribution in [-0.4, -0.2) is 23.1 Å². The highest BCUT2D eigenvalue weighted by molar-refractivity contribution is 6.31. The molecule has 1 aliphatic rings. The van der Waals surface area contributed by atoms with E-state index in [0.29, 0.717) is 12.5 Å². The van der Waals surface area contributed by atoms with E-state index in [4.69, 9.17) is 21.6 Å². The Bertz CT molecular complexity index is 876. The van der Waals surface area contributed by atoms with E-state index in [1.165, 1.54) is 12.8 Å². The number of rotatable bonds is 5. The van der Waals surface area contributed by atoms with E-state index in [2.05, 4.69) is 28.4 Å². The summed E-state index contributed by atoms with van der Waals surface area (Å²) in [5.74, 6) is 1.62. The molecule has 0 atom stereocenters. The lowest BCUT2D eigenvalue weighted by atomic mass is 10.1. The first-order valence-electron chi connectivity index (χ1n) is 8.96.